The van der Waals surface area contributed by atoms with Gasteiger partial charge in [-0.2, -0.15) is 0 Å². The maximum Gasteiger partial charge on any atom is 0.0645 e. The van der Waals surface area contributed by atoms with Crippen LogP contribution < -0.4 is 0 Å². The fourth-order valence-electron chi connectivity index (χ4n) is 7.25. The Hall–Kier alpha value is -7.42. The molecule has 9 aromatic carbocycles. The first-order valence-corrected chi connectivity index (χ1v) is 17.5. The van der Waals surface area contributed by atoms with Crippen LogP contribution in [0.15, 0.2) is 218 Å². The standard InChI is InChI=1S/C54H36N2/c1-3-12-37(13-4-1)39-22-28-45(29-23-39)55-51-20-9-7-18-47(51)49-35-43(26-32-53(49)55)44-27-33-54-50(36-44)48-19-8-10-21-52(48)56(54)46-30-24-40(25-31-46)42-17-11-16-41(34-42)38-14-5-2-6-15-38/h1-36H/i1D,2D,3D,5D,6D,11D,12D,13D,14D,15D,16D,17D,22D,23D,24D,25D,28D,29D,30D,31D,34D. The summed E-state index contributed by atoms with van der Waals surface area (Å²) in [5, 5.41) is 2.74. The van der Waals surface area contributed by atoms with Crippen molar-refractivity contribution in [3.8, 4) is 55.9 Å². The number of rotatable bonds is 6. The minimum Gasteiger partial charge on any atom is -0.309 e. The van der Waals surface area contributed by atoms with E-state index < -0.39 is 137 Å². The molecule has 56 heavy (non-hydrogen) atoms. The van der Waals surface area contributed by atoms with E-state index in [9.17, 15) is 9.60 Å². The number of benzene rings is 9. The van der Waals surface area contributed by atoms with Gasteiger partial charge >= 0.3 is 0 Å². The summed E-state index contributed by atoms with van der Waals surface area (Å²) in [6, 6.07) is 13.2. The summed E-state index contributed by atoms with van der Waals surface area (Å²) in [5.74, 6) is 0. The normalized spacial score (nSPS) is 16.8. The van der Waals surface area contributed by atoms with E-state index in [0.29, 0.717) is 38.2 Å². The zero-order valence-electron chi connectivity index (χ0n) is 50.1. The zero-order chi connectivity index (χ0) is 55.3. The highest BCUT2D eigenvalue weighted by molar-refractivity contribution is 6.12. The molecule has 0 N–H and O–H groups in total. The van der Waals surface area contributed by atoms with Gasteiger partial charge < -0.3 is 9.13 Å². The molecule has 11 aromatic rings. The smallest absolute Gasteiger partial charge is 0.0645 e. The Bertz CT molecular complexity index is 4390. The Morgan fingerprint density at radius 2 is 0.714 bits per heavy atom. The van der Waals surface area contributed by atoms with E-state index in [-0.39, 0.29) is 34.6 Å². The molecule has 0 bridgehead atoms. The van der Waals surface area contributed by atoms with E-state index in [2.05, 4.69) is 0 Å². The van der Waals surface area contributed by atoms with Crippen molar-refractivity contribution in [1.29, 1.82) is 0 Å². The van der Waals surface area contributed by atoms with Crippen molar-refractivity contribution < 1.29 is 28.8 Å². The lowest BCUT2D eigenvalue weighted by Gasteiger charge is -2.11. The first-order valence-electron chi connectivity index (χ1n) is 28.0. The van der Waals surface area contributed by atoms with Crippen LogP contribution in [0.5, 0.6) is 0 Å². The summed E-state index contributed by atoms with van der Waals surface area (Å²) in [6.45, 7) is 0. The highest BCUT2D eigenvalue weighted by Gasteiger charge is 2.16. The van der Waals surface area contributed by atoms with Crippen LogP contribution in [0.25, 0.3) is 99.5 Å². The molecule has 0 aliphatic rings. The van der Waals surface area contributed by atoms with Gasteiger partial charge in [0.1, 0.15) is 0 Å². The largest absolute Gasteiger partial charge is 0.309 e. The maximum absolute atomic E-state index is 9.44. The van der Waals surface area contributed by atoms with Crippen LogP contribution >= 0.6 is 0 Å². The molecule has 2 heterocycles. The Morgan fingerprint density at radius 1 is 0.286 bits per heavy atom. The van der Waals surface area contributed by atoms with E-state index in [1.54, 1.807) is 51.6 Å². The Morgan fingerprint density at radius 3 is 1.27 bits per heavy atom. The maximum atomic E-state index is 9.44. The molecule has 0 saturated carbocycles. The minimum absolute atomic E-state index is 0.0780. The monoisotopic (exact) mass is 733 g/mol. The van der Waals surface area contributed by atoms with Crippen LogP contribution in [0.2, 0.25) is 0 Å². The highest BCUT2D eigenvalue weighted by Crippen LogP contribution is 2.39. The van der Waals surface area contributed by atoms with Gasteiger partial charge in [-0.1, -0.05) is 151 Å². The van der Waals surface area contributed by atoms with Crippen LogP contribution in [-0.2, 0) is 0 Å². The predicted octanol–water partition coefficient (Wildman–Crippen LogP) is 14.5. The number of hydrogen-bond acceptors (Lipinski definition) is 0. The van der Waals surface area contributed by atoms with Crippen LogP contribution in [-0.4, -0.2) is 9.13 Å². The second kappa shape index (κ2) is 13.2. The molecular formula is C54H36N2. The van der Waals surface area contributed by atoms with Crippen molar-refractivity contribution in [2.24, 2.45) is 0 Å². The van der Waals surface area contributed by atoms with Crippen molar-refractivity contribution in [3.63, 3.8) is 0 Å². The topological polar surface area (TPSA) is 9.86 Å². The first-order chi connectivity index (χ1) is 36.5. The Kier molecular flexibility index (Phi) is 4.08. The number of para-hydroxylation sites is 2. The van der Waals surface area contributed by atoms with Gasteiger partial charge in [0.05, 0.1) is 50.9 Å². The molecule has 0 spiro atoms. The van der Waals surface area contributed by atoms with Crippen molar-refractivity contribution in [3.05, 3.63) is 218 Å². The molecule has 0 aliphatic carbocycles. The van der Waals surface area contributed by atoms with Crippen molar-refractivity contribution >= 4 is 43.6 Å². The third-order valence-electron chi connectivity index (χ3n) is 9.77. The lowest BCUT2D eigenvalue weighted by molar-refractivity contribution is 1.18. The molecule has 262 valence electrons. The summed E-state index contributed by atoms with van der Waals surface area (Å²) in [5.41, 5.74) is 0.339. The van der Waals surface area contributed by atoms with E-state index in [4.69, 9.17) is 19.2 Å². The summed E-state index contributed by atoms with van der Waals surface area (Å²) >= 11 is 0. The van der Waals surface area contributed by atoms with Crippen molar-refractivity contribution in [2.45, 2.75) is 0 Å². The third kappa shape index (κ3) is 5.34. The summed E-state index contributed by atoms with van der Waals surface area (Å²) in [6.07, 6.45) is 0. The third-order valence-corrected chi connectivity index (χ3v) is 9.77. The number of nitrogens with zero attached hydrogens (tertiary/aromatic N) is 2. The summed E-state index contributed by atoms with van der Waals surface area (Å²) < 4.78 is 188. The lowest BCUT2D eigenvalue weighted by atomic mass is 9.99. The summed E-state index contributed by atoms with van der Waals surface area (Å²) in [4.78, 5) is 0. The van der Waals surface area contributed by atoms with Crippen LogP contribution in [0.4, 0.5) is 0 Å². The van der Waals surface area contributed by atoms with Crippen molar-refractivity contribution in [1.82, 2.24) is 9.13 Å². The van der Waals surface area contributed by atoms with Gasteiger partial charge in [-0.25, -0.2) is 0 Å². The van der Waals surface area contributed by atoms with E-state index in [1.807, 2.05) is 42.5 Å². The SMILES string of the molecule is [2H]c1cc([2H])c(-c2c([2H])c([2H])c(-n3c4ccccc4c4cc(-c5ccc6c(c5)c5ccccc5n6-c5c([2H])c([2H])c(-c6c([2H])c([2H])c([2H])c(-c7c([2H])c([2H])c([2H])c([2H])c7[2H])c6[2H])c([2H])c5[2H])ccc43)c([2H])c2[2H])c([2H])c1[2H]. The van der Waals surface area contributed by atoms with Crippen LogP contribution in [0.3, 0.4) is 0 Å². The van der Waals surface area contributed by atoms with Gasteiger partial charge in [0.15, 0.2) is 0 Å². The van der Waals surface area contributed by atoms with E-state index in [1.165, 1.54) is 0 Å². The fraction of sp³-hybridized carbons (Fsp3) is 0. The molecule has 11 rings (SSSR count). The zero-order valence-corrected chi connectivity index (χ0v) is 29.1. The number of hydrogen-bond donors (Lipinski definition) is 0. The molecule has 0 saturated heterocycles. The average Bonchev–Trinajstić information content (AvgIpc) is 3.93. The second-order valence-electron chi connectivity index (χ2n) is 12.9. The van der Waals surface area contributed by atoms with Gasteiger partial charge in [-0.3, -0.25) is 0 Å². The molecule has 0 radical (unpaired) electrons. The van der Waals surface area contributed by atoms with Gasteiger partial charge in [-0.05, 0) is 111 Å². The molecule has 2 nitrogen and oxygen atoms in total. The Labute approximate surface area is 355 Å². The van der Waals surface area contributed by atoms with Gasteiger partial charge in [0.2, 0.25) is 0 Å². The molecular weight excluding hydrogens is 677 g/mol. The fourth-order valence-corrected chi connectivity index (χ4v) is 7.25. The molecule has 2 aromatic heterocycles. The molecule has 0 unspecified atom stereocenters. The lowest BCUT2D eigenvalue weighted by Crippen LogP contribution is -1.94. The Balaban J connectivity index is 1.07. The predicted molar refractivity (Wildman–Crippen MR) is 237 cm³/mol. The minimum atomic E-state index is -0.825. The highest BCUT2D eigenvalue weighted by atomic mass is 15.0. The van der Waals surface area contributed by atoms with E-state index >= 15 is 0 Å². The van der Waals surface area contributed by atoms with E-state index in [0.717, 1.165) is 22.6 Å². The van der Waals surface area contributed by atoms with Gasteiger partial charge in [0.25, 0.3) is 0 Å². The van der Waals surface area contributed by atoms with Crippen LogP contribution in [0.1, 0.15) is 28.8 Å². The van der Waals surface area contributed by atoms with Crippen molar-refractivity contribution in [2.75, 3.05) is 0 Å². The molecule has 0 atom stereocenters. The van der Waals surface area contributed by atoms with Gasteiger partial charge in [0, 0.05) is 32.9 Å². The molecule has 0 amide bonds. The molecule has 2 heteroatoms. The average molecular weight is 734 g/mol. The number of fused-ring (bicyclic) bond motifs is 6. The van der Waals surface area contributed by atoms with Crippen LogP contribution in [0, 0.1) is 0 Å². The quantitative estimate of drug-likeness (QED) is 0.161. The first kappa shape index (κ1) is 17.4. The second-order valence-corrected chi connectivity index (χ2v) is 12.9. The number of aromatic nitrogens is 2. The van der Waals surface area contributed by atoms with Gasteiger partial charge in [-0.15, -0.1) is 0 Å². The molecule has 0 fully saturated rings. The molecule has 0 aliphatic heterocycles. The summed E-state index contributed by atoms with van der Waals surface area (Å²) in [7, 11) is 0.